The molecule has 0 amide bonds. The molecule has 2 saturated heterocycles. The van der Waals surface area contributed by atoms with Gasteiger partial charge in [-0.1, -0.05) is 18.2 Å². The molecule has 2 N–H and O–H groups in total. The summed E-state index contributed by atoms with van der Waals surface area (Å²) in [6.07, 6.45) is 2.18. The maximum Gasteiger partial charge on any atom is 0.153 e. The van der Waals surface area contributed by atoms with E-state index in [2.05, 4.69) is 9.88 Å². The summed E-state index contributed by atoms with van der Waals surface area (Å²) in [7, 11) is 0. The highest BCUT2D eigenvalue weighted by Gasteiger charge is 2.39. The molecule has 2 bridgehead atoms. The zero-order valence-electron chi connectivity index (χ0n) is 13.1. The van der Waals surface area contributed by atoms with E-state index < -0.39 is 0 Å². The van der Waals surface area contributed by atoms with Crippen LogP contribution in [0.5, 0.6) is 0 Å². The SMILES string of the molecule is Cc1cc(-c2ccccc2F)c(N)c(N2C3CC[C@@H]2COC3)n1. The highest BCUT2D eigenvalue weighted by atomic mass is 19.1. The van der Waals surface area contributed by atoms with E-state index in [1.807, 2.05) is 19.1 Å². The molecule has 4 nitrogen and oxygen atoms in total. The molecule has 2 aromatic rings. The molecule has 2 aliphatic heterocycles. The van der Waals surface area contributed by atoms with Crippen molar-refractivity contribution in [3.05, 3.63) is 41.8 Å². The Kier molecular flexibility index (Phi) is 3.45. The van der Waals surface area contributed by atoms with Gasteiger partial charge in [0.05, 0.1) is 31.0 Å². The van der Waals surface area contributed by atoms with Gasteiger partial charge < -0.3 is 15.4 Å². The van der Waals surface area contributed by atoms with E-state index in [-0.39, 0.29) is 5.82 Å². The van der Waals surface area contributed by atoms with Crippen LogP contribution in [0.2, 0.25) is 0 Å². The Bertz CT molecular complexity index is 733. The molecule has 23 heavy (non-hydrogen) atoms. The van der Waals surface area contributed by atoms with Gasteiger partial charge in [0.1, 0.15) is 5.82 Å². The normalized spacial score (nSPS) is 23.3. The topological polar surface area (TPSA) is 51.4 Å². The molecule has 1 unspecified atom stereocenters. The molecular weight excluding hydrogens is 293 g/mol. The van der Waals surface area contributed by atoms with Crippen LogP contribution in [0.4, 0.5) is 15.9 Å². The maximum absolute atomic E-state index is 14.2. The number of nitrogen functional groups attached to an aromatic ring is 1. The number of aromatic nitrogens is 1. The minimum Gasteiger partial charge on any atom is -0.395 e. The third-order valence-corrected chi connectivity index (χ3v) is 4.82. The van der Waals surface area contributed by atoms with Crippen molar-refractivity contribution in [3.63, 3.8) is 0 Å². The molecule has 4 rings (SSSR count). The molecule has 120 valence electrons. The summed E-state index contributed by atoms with van der Waals surface area (Å²) in [6, 6.07) is 9.23. The first kappa shape index (κ1) is 14.5. The number of ether oxygens (including phenoxy) is 1. The van der Waals surface area contributed by atoms with Crippen LogP contribution in [0.1, 0.15) is 18.5 Å². The maximum atomic E-state index is 14.2. The van der Waals surface area contributed by atoms with Crippen molar-refractivity contribution in [2.45, 2.75) is 31.8 Å². The number of hydrogen-bond donors (Lipinski definition) is 1. The van der Waals surface area contributed by atoms with Crippen LogP contribution >= 0.6 is 0 Å². The van der Waals surface area contributed by atoms with Crippen molar-refractivity contribution in [2.24, 2.45) is 0 Å². The monoisotopic (exact) mass is 313 g/mol. The summed E-state index contributed by atoms with van der Waals surface area (Å²) in [6.45, 7) is 3.34. The average molecular weight is 313 g/mol. The molecule has 5 heteroatoms. The van der Waals surface area contributed by atoms with Crippen LogP contribution in [-0.2, 0) is 4.74 Å². The summed E-state index contributed by atoms with van der Waals surface area (Å²) in [4.78, 5) is 6.96. The number of anilines is 2. The second-order valence-corrected chi connectivity index (χ2v) is 6.36. The molecule has 0 aliphatic carbocycles. The largest absolute Gasteiger partial charge is 0.395 e. The van der Waals surface area contributed by atoms with Gasteiger partial charge in [-0.2, -0.15) is 0 Å². The summed E-state index contributed by atoms with van der Waals surface area (Å²) in [5.74, 6) is 0.514. The van der Waals surface area contributed by atoms with E-state index in [0.29, 0.717) is 36.5 Å². The van der Waals surface area contributed by atoms with Gasteiger partial charge in [-0.25, -0.2) is 9.37 Å². The number of halogens is 1. The van der Waals surface area contributed by atoms with Crippen LogP contribution in [0.3, 0.4) is 0 Å². The Balaban J connectivity index is 1.85. The van der Waals surface area contributed by atoms with Gasteiger partial charge in [0.25, 0.3) is 0 Å². The zero-order chi connectivity index (χ0) is 16.0. The second-order valence-electron chi connectivity index (χ2n) is 6.36. The van der Waals surface area contributed by atoms with Crippen molar-refractivity contribution in [1.82, 2.24) is 4.98 Å². The Labute approximate surface area is 135 Å². The van der Waals surface area contributed by atoms with Crippen molar-refractivity contribution in [1.29, 1.82) is 0 Å². The molecule has 0 radical (unpaired) electrons. The lowest BCUT2D eigenvalue weighted by Gasteiger charge is -2.36. The van der Waals surface area contributed by atoms with Crippen molar-refractivity contribution in [3.8, 4) is 11.1 Å². The van der Waals surface area contributed by atoms with Gasteiger partial charge in [0, 0.05) is 16.8 Å². The number of pyridine rings is 1. The summed E-state index contributed by atoms with van der Waals surface area (Å²) >= 11 is 0. The minimum absolute atomic E-state index is 0.263. The number of hydrogen-bond acceptors (Lipinski definition) is 4. The van der Waals surface area contributed by atoms with Crippen molar-refractivity contribution in [2.75, 3.05) is 23.8 Å². The Morgan fingerprint density at radius 2 is 1.87 bits per heavy atom. The second kappa shape index (κ2) is 5.49. The van der Waals surface area contributed by atoms with Crippen molar-refractivity contribution >= 4 is 11.5 Å². The first-order valence-electron chi connectivity index (χ1n) is 8.03. The van der Waals surface area contributed by atoms with Crippen LogP contribution in [-0.4, -0.2) is 30.3 Å². The number of nitrogens with zero attached hydrogens (tertiary/aromatic N) is 2. The fraction of sp³-hybridized carbons (Fsp3) is 0.389. The summed E-state index contributed by atoms with van der Waals surface area (Å²) < 4.78 is 19.9. The highest BCUT2D eigenvalue weighted by molar-refractivity contribution is 5.85. The summed E-state index contributed by atoms with van der Waals surface area (Å²) in [5.41, 5.74) is 9.07. The number of aryl methyl sites for hydroxylation is 1. The fourth-order valence-corrected chi connectivity index (χ4v) is 3.74. The Morgan fingerprint density at radius 1 is 1.17 bits per heavy atom. The predicted molar refractivity (Wildman–Crippen MR) is 88.9 cm³/mol. The molecule has 0 spiro atoms. The Morgan fingerprint density at radius 3 is 2.57 bits per heavy atom. The van der Waals surface area contributed by atoms with Crippen LogP contribution < -0.4 is 10.6 Å². The zero-order valence-corrected chi connectivity index (χ0v) is 13.1. The molecule has 3 heterocycles. The van der Waals surface area contributed by atoms with Gasteiger partial charge in [-0.3, -0.25) is 0 Å². The first-order chi connectivity index (χ1) is 11.1. The lowest BCUT2D eigenvalue weighted by atomic mass is 10.0. The van der Waals surface area contributed by atoms with Gasteiger partial charge in [0.15, 0.2) is 5.82 Å². The number of morpholine rings is 1. The lowest BCUT2D eigenvalue weighted by Crippen LogP contribution is -2.46. The summed E-state index contributed by atoms with van der Waals surface area (Å²) in [5, 5.41) is 0. The molecule has 2 aliphatic rings. The van der Waals surface area contributed by atoms with Crippen LogP contribution in [0.15, 0.2) is 30.3 Å². The number of benzene rings is 1. The molecule has 1 aromatic heterocycles. The smallest absolute Gasteiger partial charge is 0.153 e. The molecular formula is C18H20FN3O. The van der Waals surface area contributed by atoms with Crippen LogP contribution in [0, 0.1) is 12.7 Å². The quantitative estimate of drug-likeness (QED) is 0.925. The predicted octanol–water partition coefficient (Wildman–Crippen LogP) is 3.15. The highest BCUT2D eigenvalue weighted by Crippen LogP contribution is 2.40. The third-order valence-electron chi connectivity index (χ3n) is 4.82. The molecule has 2 atom stereocenters. The fourth-order valence-electron chi connectivity index (χ4n) is 3.74. The molecule has 2 fully saturated rings. The number of nitrogens with two attached hydrogens (primary N) is 1. The molecule has 0 saturated carbocycles. The van der Waals surface area contributed by atoms with E-state index in [1.165, 1.54) is 6.07 Å². The van der Waals surface area contributed by atoms with Gasteiger partial charge in [-0.15, -0.1) is 0 Å². The van der Waals surface area contributed by atoms with E-state index >= 15 is 0 Å². The van der Waals surface area contributed by atoms with E-state index in [4.69, 9.17) is 10.5 Å². The minimum atomic E-state index is -0.263. The average Bonchev–Trinajstić information content (AvgIpc) is 2.78. The van der Waals surface area contributed by atoms with E-state index in [1.54, 1.807) is 12.1 Å². The van der Waals surface area contributed by atoms with Gasteiger partial charge >= 0.3 is 0 Å². The van der Waals surface area contributed by atoms with Crippen LogP contribution in [0.25, 0.3) is 11.1 Å². The number of rotatable bonds is 2. The van der Waals surface area contributed by atoms with E-state index in [9.17, 15) is 4.39 Å². The first-order valence-corrected chi connectivity index (χ1v) is 8.03. The number of fused-ring (bicyclic) bond motifs is 2. The third kappa shape index (κ3) is 2.36. The van der Waals surface area contributed by atoms with Gasteiger partial charge in [0.2, 0.25) is 0 Å². The van der Waals surface area contributed by atoms with Gasteiger partial charge in [-0.05, 0) is 31.9 Å². The van der Waals surface area contributed by atoms with Crippen molar-refractivity contribution < 1.29 is 9.13 Å². The molecule has 1 aromatic carbocycles. The lowest BCUT2D eigenvalue weighted by molar-refractivity contribution is 0.0903. The van der Waals surface area contributed by atoms with E-state index in [0.717, 1.165) is 29.9 Å². The standard InChI is InChI=1S/C18H20FN3O/c1-11-8-15(14-4-2-3-5-16(14)19)17(20)18(21-11)22-12-6-7-13(22)10-23-9-12/h2-5,8,12-13H,6-7,9-10,20H2,1H3/t12-,13?/m1/s1. The Hall–Kier alpha value is -2.14.